The molecule has 0 heterocycles. The molecule has 70 valence electrons. The molecule has 0 fully saturated rings. The van der Waals surface area contributed by atoms with Crippen LogP contribution in [-0.2, 0) is 12.8 Å². The number of fused-ring (bicyclic) bond motifs is 1. The zero-order chi connectivity index (χ0) is 9.42. The van der Waals surface area contributed by atoms with Crippen LogP contribution in [0.4, 0.5) is 4.39 Å². The van der Waals surface area contributed by atoms with Crippen LogP contribution in [0.25, 0.3) is 0 Å². The van der Waals surface area contributed by atoms with E-state index in [0.29, 0.717) is 0 Å². The molecule has 1 aliphatic rings. The molecule has 1 heteroatoms. The first-order valence-corrected chi connectivity index (χ1v) is 4.94. The van der Waals surface area contributed by atoms with E-state index in [1.165, 1.54) is 17.5 Å². The smallest absolute Gasteiger partial charge is 0.126 e. The van der Waals surface area contributed by atoms with Crippen LogP contribution in [0.3, 0.4) is 0 Å². The molecule has 1 atom stereocenters. The molecular formula is C12H15F. The average molecular weight is 178 g/mol. The van der Waals surface area contributed by atoms with E-state index in [9.17, 15) is 4.39 Å². The van der Waals surface area contributed by atoms with Crippen molar-refractivity contribution in [1.82, 2.24) is 0 Å². The standard InChI is InChI=1S/C12H15F/c1-8-3-4-10-7-12(13)9(2)6-11(10)5-8/h6-8H,3-5H2,1-2H3/t8-/m1/s1. The van der Waals surface area contributed by atoms with Crippen LogP contribution >= 0.6 is 0 Å². The molecular weight excluding hydrogens is 163 g/mol. The summed E-state index contributed by atoms with van der Waals surface area (Å²) in [5.74, 6) is 0.714. The highest BCUT2D eigenvalue weighted by Crippen LogP contribution is 2.27. The second-order valence-electron chi connectivity index (χ2n) is 4.22. The van der Waals surface area contributed by atoms with Crippen LogP contribution in [0.2, 0.25) is 0 Å². The van der Waals surface area contributed by atoms with Crippen molar-refractivity contribution in [2.45, 2.75) is 33.1 Å². The van der Waals surface area contributed by atoms with Crippen molar-refractivity contribution < 1.29 is 4.39 Å². The van der Waals surface area contributed by atoms with Crippen LogP contribution in [0, 0.1) is 18.7 Å². The molecule has 1 aliphatic carbocycles. The van der Waals surface area contributed by atoms with Crippen molar-refractivity contribution >= 4 is 0 Å². The Morgan fingerprint density at radius 1 is 1.31 bits per heavy atom. The molecule has 0 spiro atoms. The van der Waals surface area contributed by atoms with Crippen molar-refractivity contribution in [2.75, 3.05) is 0 Å². The molecule has 0 aliphatic heterocycles. The summed E-state index contributed by atoms with van der Waals surface area (Å²) in [7, 11) is 0. The zero-order valence-corrected chi connectivity index (χ0v) is 8.23. The summed E-state index contributed by atoms with van der Waals surface area (Å²) in [4.78, 5) is 0. The number of hydrogen-bond donors (Lipinski definition) is 0. The van der Waals surface area contributed by atoms with E-state index in [4.69, 9.17) is 0 Å². The maximum atomic E-state index is 13.2. The van der Waals surface area contributed by atoms with Crippen molar-refractivity contribution in [3.63, 3.8) is 0 Å². The van der Waals surface area contributed by atoms with Gasteiger partial charge in [0.1, 0.15) is 5.82 Å². The topological polar surface area (TPSA) is 0 Å². The lowest BCUT2D eigenvalue weighted by atomic mass is 9.84. The van der Waals surface area contributed by atoms with Crippen LogP contribution in [0.15, 0.2) is 12.1 Å². The van der Waals surface area contributed by atoms with Crippen LogP contribution < -0.4 is 0 Å². The quantitative estimate of drug-likeness (QED) is 0.572. The fraction of sp³-hybridized carbons (Fsp3) is 0.500. The molecule has 13 heavy (non-hydrogen) atoms. The monoisotopic (exact) mass is 178 g/mol. The first-order valence-electron chi connectivity index (χ1n) is 4.94. The molecule has 1 aromatic rings. The van der Waals surface area contributed by atoms with Gasteiger partial charge in [0.2, 0.25) is 0 Å². The fourth-order valence-electron chi connectivity index (χ4n) is 2.08. The van der Waals surface area contributed by atoms with Gasteiger partial charge in [-0.25, -0.2) is 4.39 Å². The Bertz CT molecular complexity index is 328. The lowest BCUT2D eigenvalue weighted by Gasteiger charge is -2.21. The van der Waals surface area contributed by atoms with Crippen LogP contribution in [-0.4, -0.2) is 0 Å². The molecule has 0 radical (unpaired) electrons. The molecule has 0 saturated carbocycles. The minimum atomic E-state index is -0.0479. The summed E-state index contributed by atoms with van der Waals surface area (Å²) in [6.45, 7) is 4.11. The van der Waals surface area contributed by atoms with Gasteiger partial charge in [-0.05, 0) is 54.9 Å². The minimum absolute atomic E-state index is 0.0479. The minimum Gasteiger partial charge on any atom is -0.207 e. The largest absolute Gasteiger partial charge is 0.207 e. The second kappa shape index (κ2) is 3.13. The lowest BCUT2D eigenvalue weighted by Crippen LogP contribution is -2.11. The Morgan fingerprint density at radius 3 is 2.85 bits per heavy atom. The third-order valence-electron chi connectivity index (χ3n) is 2.96. The summed E-state index contributed by atoms with van der Waals surface area (Å²) in [6.07, 6.45) is 3.37. The van der Waals surface area contributed by atoms with E-state index >= 15 is 0 Å². The van der Waals surface area contributed by atoms with Gasteiger partial charge in [-0.2, -0.15) is 0 Å². The number of halogens is 1. The van der Waals surface area contributed by atoms with Gasteiger partial charge in [-0.15, -0.1) is 0 Å². The summed E-state index contributed by atoms with van der Waals surface area (Å²) in [5, 5.41) is 0. The molecule has 0 saturated heterocycles. The van der Waals surface area contributed by atoms with Crippen LogP contribution in [0.5, 0.6) is 0 Å². The summed E-state index contributed by atoms with van der Waals surface area (Å²) in [5.41, 5.74) is 3.37. The van der Waals surface area contributed by atoms with E-state index in [-0.39, 0.29) is 5.82 Å². The molecule has 1 aromatic carbocycles. The third kappa shape index (κ3) is 1.60. The van der Waals surface area contributed by atoms with Gasteiger partial charge in [0.15, 0.2) is 0 Å². The van der Waals surface area contributed by atoms with Crippen molar-refractivity contribution in [3.8, 4) is 0 Å². The predicted molar refractivity (Wildman–Crippen MR) is 52.3 cm³/mol. The molecule has 0 aromatic heterocycles. The Kier molecular flexibility index (Phi) is 2.10. The van der Waals surface area contributed by atoms with Gasteiger partial charge in [0.05, 0.1) is 0 Å². The van der Waals surface area contributed by atoms with Crippen molar-refractivity contribution in [3.05, 3.63) is 34.6 Å². The zero-order valence-electron chi connectivity index (χ0n) is 8.23. The van der Waals surface area contributed by atoms with Crippen molar-refractivity contribution in [2.24, 2.45) is 5.92 Å². The van der Waals surface area contributed by atoms with Crippen LogP contribution in [0.1, 0.15) is 30.0 Å². The number of rotatable bonds is 0. The van der Waals surface area contributed by atoms with Gasteiger partial charge < -0.3 is 0 Å². The molecule has 0 N–H and O–H groups in total. The SMILES string of the molecule is Cc1cc2c(cc1F)CC[C@@H](C)C2. The van der Waals surface area contributed by atoms with Gasteiger partial charge in [0, 0.05) is 0 Å². The van der Waals surface area contributed by atoms with E-state index < -0.39 is 0 Å². The van der Waals surface area contributed by atoms with Gasteiger partial charge in [-0.1, -0.05) is 13.0 Å². The summed E-state index contributed by atoms with van der Waals surface area (Å²) < 4.78 is 13.2. The summed E-state index contributed by atoms with van der Waals surface area (Å²) in [6, 6.07) is 3.73. The van der Waals surface area contributed by atoms with Gasteiger partial charge in [0.25, 0.3) is 0 Å². The van der Waals surface area contributed by atoms with Crippen molar-refractivity contribution in [1.29, 1.82) is 0 Å². The van der Waals surface area contributed by atoms with Gasteiger partial charge in [-0.3, -0.25) is 0 Å². The van der Waals surface area contributed by atoms with E-state index in [2.05, 4.69) is 6.92 Å². The number of hydrogen-bond acceptors (Lipinski definition) is 0. The van der Waals surface area contributed by atoms with Gasteiger partial charge >= 0.3 is 0 Å². The van der Waals surface area contributed by atoms with E-state index in [0.717, 1.165) is 24.3 Å². The number of aryl methyl sites for hydroxylation is 2. The third-order valence-corrected chi connectivity index (χ3v) is 2.96. The average Bonchev–Trinajstić information content (AvgIpc) is 2.08. The first-order chi connectivity index (χ1) is 6.16. The van der Waals surface area contributed by atoms with E-state index in [1.807, 2.05) is 13.0 Å². The maximum absolute atomic E-state index is 13.2. The Morgan fingerprint density at radius 2 is 2.08 bits per heavy atom. The highest BCUT2D eigenvalue weighted by atomic mass is 19.1. The Balaban J connectivity index is 2.43. The normalized spacial score (nSPS) is 21.3. The fourth-order valence-corrected chi connectivity index (χ4v) is 2.08. The Labute approximate surface area is 78.8 Å². The molecule has 2 rings (SSSR count). The molecule has 0 unspecified atom stereocenters. The van der Waals surface area contributed by atoms with E-state index in [1.54, 1.807) is 6.07 Å². The number of benzene rings is 1. The second-order valence-corrected chi connectivity index (χ2v) is 4.22. The molecule has 0 bridgehead atoms. The highest BCUT2D eigenvalue weighted by Gasteiger charge is 2.16. The predicted octanol–water partition coefficient (Wildman–Crippen LogP) is 3.26. The maximum Gasteiger partial charge on any atom is 0.126 e. The highest BCUT2D eigenvalue weighted by molar-refractivity contribution is 5.34. The first kappa shape index (κ1) is 8.74. The lowest BCUT2D eigenvalue weighted by molar-refractivity contribution is 0.496. The summed E-state index contributed by atoms with van der Waals surface area (Å²) >= 11 is 0. The molecule has 0 nitrogen and oxygen atoms in total. The Hall–Kier alpha value is -0.850. The molecule has 0 amide bonds.